The number of benzene rings is 1. The first-order valence-electron chi connectivity index (χ1n) is 6.77. The molecule has 2 aromatic rings. The molecule has 2 nitrogen and oxygen atoms in total. The van der Waals surface area contributed by atoms with E-state index in [9.17, 15) is 0 Å². The highest BCUT2D eigenvalue weighted by molar-refractivity contribution is 5.77. The molecule has 1 aromatic carbocycles. The summed E-state index contributed by atoms with van der Waals surface area (Å²) >= 11 is 0. The molecule has 1 aliphatic rings. The summed E-state index contributed by atoms with van der Waals surface area (Å²) in [6.07, 6.45) is 3.23. The molecule has 0 aliphatic carbocycles. The van der Waals surface area contributed by atoms with E-state index in [-0.39, 0.29) is 0 Å². The number of para-hydroxylation sites is 1. The largest absolute Gasteiger partial charge is 0.322 e. The van der Waals surface area contributed by atoms with Crippen molar-refractivity contribution in [2.24, 2.45) is 0 Å². The molecule has 0 fully saturated rings. The zero-order valence-corrected chi connectivity index (χ0v) is 11.4. The maximum Gasteiger partial charge on any atom is 0.133 e. The Kier molecular flexibility index (Phi) is 3.08. The highest BCUT2D eigenvalue weighted by Crippen LogP contribution is 2.33. The van der Waals surface area contributed by atoms with Crippen LogP contribution >= 0.6 is 0 Å². The van der Waals surface area contributed by atoms with Crippen LogP contribution in [0.3, 0.4) is 0 Å². The lowest BCUT2D eigenvalue weighted by molar-refractivity contribution is 0.956. The Hall–Kier alpha value is -2.09. The van der Waals surface area contributed by atoms with Gasteiger partial charge in [0.15, 0.2) is 0 Å². The molecule has 0 radical (unpaired) electrons. The van der Waals surface area contributed by atoms with E-state index in [0.29, 0.717) is 0 Å². The Bertz CT molecular complexity index is 629. The lowest BCUT2D eigenvalue weighted by atomic mass is 10.0. The average molecular weight is 250 g/mol. The van der Waals surface area contributed by atoms with Crippen molar-refractivity contribution >= 4 is 17.6 Å². The Morgan fingerprint density at radius 1 is 1.11 bits per heavy atom. The van der Waals surface area contributed by atoms with E-state index in [1.807, 2.05) is 0 Å². The van der Waals surface area contributed by atoms with Gasteiger partial charge in [-0.25, -0.2) is 4.98 Å². The minimum Gasteiger partial charge on any atom is -0.322 e. The zero-order valence-electron chi connectivity index (χ0n) is 11.4. The van der Waals surface area contributed by atoms with Crippen LogP contribution in [0.5, 0.6) is 0 Å². The van der Waals surface area contributed by atoms with E-state index in [2.05, 4.69) is 67.3 Å². The second-order valence-electron chi connectivity index (χ2n) is 4.98. The summed E-state index contributed by atoms with van der Waals surface area (Å²) in [7, 11) is 0. The zero-order chi connectivity index (χ0) is 13.2. The second-order valence-corrected chi connectivity index (χ2v) is 4.98. The van der Waals surface area contributed by atoms with Gasteiger partial charge < -0.3 is 4.90 Å². The van der Waals surface area contributed by atoms with Crippen molar-refractivity contribution in [3.8, 4) is 0 Å². The van der Waals surface area contributed by atoms with Crippen molar-refractivity contribution in [1.29, 1.82) is 0 Å². The first kappa shape index (κ1) is 12.0. The summed E-state index contributed by atoms with van der Waals surface area (Å²) in [4.78, 5) is 7.04. The lowest BCUT2D eigenvalue weighted by Gasteiger charge is -2.29. The summed E-state index contributed by atoms with van der Waals surface area (Å²) in [6.45, 7) is 5.23. The number of hydrogen-bond donors (Lipinski definition) is 0. The summed E-state index contributed by atoms with van der Waals surface area (Å²) in [5.74, 6) is 1.04. The average Bonchev–Trinajstić information content (AvgIpc) is 2.46. The van der Waals surface area contributed by atoms with Crippen LogP contribution in [0, 0.1) is 0 Å². The highest BCUT2D eigenvalue weighted by atomic mass is 15.2. The van der Waals surface area contributed by atoms with Crippen molar-refractivity contribution in [3.63, 3.8) is 0 Å². The number of anilines is 2. The van der Waals surface area contributed by atoms with Crippen molar-refractivity contribution < 1.29 is 0 Å². The lowest BCUT2D eigenvalue weighted by Crippen LogP contribution is -2.24. The van der Waals surface area contributed by atoms with Crippen molar-refractivity contribution in [1.82, 2.24) is 4.98 Å². The fraction of sp³-hybridized carbons (Fsp3) is 0.235. The monoisotopic (exact) mass is 250 g/mol. The molecule has 0 saturated heterocycles. The Labute approximate surface area is 114 Å². The fourth-order valence-electron chi connectivity index (χ4n) is 2.52. The molecule has 0 bridgehead atoms. The van der Waals surface area contributed by atoms with Gasteiger partial charge in [-0.05, 0) is 37.1 Å². The number of rotatable bonds is 2. The molecule has 0 saturated carbocycles. The van der Waals surface area contributed by atoms with Crippen LogP contribution in [0.2, 0.25) is 0 Å². The second kappa shape index (κ2) is 4.88. The quantitative estimate of drug-likeness (QED) is 0.794. The molecule has 2 heterocycles. The van der Waals surface area contributed by atoms with Gasteiger partial charge >= 0.3 is 0 Å². The van der Waals surface area contributed by atoms with Crippen LogP contribution in [0.25, 0.3) is 6.08 Å². The van der Waals surface area contributed by atoms with Crippen LogP contribution < -0.4 is 4.90 Å². The van der Waals surface area contributed by atoms with Gasteiger partial charge in [-0.1, -0.05) is 42.8 Å². The van der Waals surface area contributed by atoms with Crippen molar-refractivity contribution in [3.05, 3.63) is 59.3 Å². The fourth-order valence-corrected chi connectivity index (χ4v) is 2.52. The molecule has 0 atom stereocenters. The van der Waals surface area contributed by atoms with Gasteiger partial charge in [-0.2, -0.15) is 0 Å². The predicted molar refractivity (Wildman–Crippen MR) is 80.7 cm³/mol. The minimum absolute atomic E-state index is 0.914. The molecule has 2 heteroatoms. The number of nitrogens with zero attached hydrogens (tertiary/aromatic N) is 2. The third kappa shape index (κ3) is 2.26. The maximum atomic E-state index is 4.75. The van der Waals surface area contributed by atoms with E-state index in [1.54, 1.807) is 0 Å². The van der Waals surface area contributed by atoms with Crippen LogP contribution in [0.4, 0.5) is 11.5 Å². The molecule has 96 valence electrons. The van der Waals surface area contributed by atoms with Crippen LogP contribution in [-0.2, 0) is 6.42 Å². The van der Waals surface area contributed by atoms with Gasteiger partial charge in [0.25, 0.3) is 0 Å². The van der Waals surface area contributed by atoms with Crippen molar-refractivity contribution in [2.75, 3.05) is 11.4 Å². The van der Waals surface area contributed by atoms with Crippen molar-refractivity contribution in [2.45, 2.75) is 20.3 Å². The summed E-state index contributed by atoms with van der Waals surface area (Å²) < 4.78 is 0. The van der Waals surface area contributed by atoms with Gasteiger partial charge in [0, 0.05) is 17.9 Å². The number of hydrogen-bond acceptors (Lipinski definition) is 2. The standard InChI is InChI=1S/C17H18N2/c1-3-15-8-6-10-17(18-15)19-12-13(2)11-14-7-4-5-9-16(14)19/h4-11H,3,12H2,1-2H3. The third-order valence-corrected chi connectivity index (χ3v) is 3.47. The number of aromatic nitrogens is 1. The van der Waals surface area contributed by atoms with E-state index in [4.69, 9.17) is 4.98 Å². The molecule has 0 N–H and O–H groups in total. The molecular formula is C17H18N2. The number of aryl methyl sites for hydroxylation is 1. The SMILES string of the molecule is CCc1cccc(N2CC(C)=Cc3ccccc32)n1. The number of fused-ring (bicyclic) bond motifs is 1. The molecule has 19 heavy (non-hydrogen) atoms. The predicted octanol–water partition coefficient (Wildman–Crippen LogP) is 4.20. The summed E-state index contributed by atoms with van der Waals surface area (Å²) in [5, 5.41) is 0. The van der Waals surface area contributed by atoms with Crippen LogP contribution in [0.15, 0.2) is 48.0 Å². The first-order chi connectivity index (χ1) is 9.28. The van der Waals surface area contributed by atoms with E-state index in [1.165, 1.54) is 16.8 Å². The van der Waals surface area contributed by atoms with Gasteiger partial charge in [-0.15, -0.1) is 0 Å². The first-order valence-corrected chi connectivity index (χ1v) is 6.77. The maximum absolute atomic E-state index is 4.75. The molecule has 1 aromatic heterocycles. The van der Waals surface area contributed by atoms with Gasteiger partial charge in [0.1, 0.15) is 5.82 Å². The van der Waals surface area contributed by atoms with Gasteiger partial charge in [0.2, 0.25) is 0 Å². The highest BCUT2D eigenvalue weighted by Gasteiger charge is 2.18. The topological polar surface area (TPSA) is 16.1 Å². The Morgan fingerprint density at radius 2 is 1.95 bits per heavy atom. The molecule has 0 spiro atoms. The normalized spacial score (nSPS) is 14.0. The Balaban J connectivity index is 2.08. The van der Waals surface area contributed by atoms with Crippen LogP contribution in [-0.4, -0.2) is 11.5 Å². The van der Waals surface area contributed by atoms with Gasteiger partial charge in [0.05, 0.1) is 0 Å². The molecular weight excluding hydrogens is 232 g/mol. The summed E-state index contributed by atoms with van der Waals surface area (Å²) in [5.41, 5.74) is 5.02. The number of pyridine rings is 1. The van der Waals surface area contributed by atoms with E-state index >= 15 is 0 Å². The minimum atomic E-state index is 0.914. The molecule has 1 aliphatic heterocycles. The third-order valence-electron chi connectivity index (χ3n) is 3.47. The molecule has 3 rings (SSSR count). The van der Waals surface area contributed by atoms with E-state index < -0.39 is 0 Å². The molecule has 0 amide bonds. The van der Waals surface area contributed by atoms with E-state index in [0.717, 1.165) is 24.5 Å². The molecule has 0 unspecified atom stereocenters. The van der Waals surface area contributed by atoms with Gasteiger partial charge in [-0.3, -0.25) is 0 Å². The Morgan fingerprint density at radius 3 is 2.79 bits per heavy atom. The smallest absolute Gasteiger partial charge is 0.133 e. The summed E-state index contributed by atoms with van der Waals surface area (Å²) in [6, 6.07) is 14.8. The van der Waals surface area contributed by atoms with Crippen LogP contribution in [0.1, 0.15) is 25.1 Å².